The number of allylic oxidation sites excluding steroid dienone is 2. The fourth-order valence-electron chi connectivity index (χ4n) is 4.72. The molecule has 0 radical (unpaired) electrons. The van der Waals surface area contributed by atoms with Crippen molar-refractivity contribution in [3.8, 4) is 0 Å². The van der Waals surface area contributed by atoms with E-state index in [2.05, 4.69) is 13.0 Å². The zero-order valence-corrected chi connectivity index (χ0v) is 12.2. The summed E-state index contributed by atoms with van der Waals surface area (Å²) in [6.45, 7) is 2.43. The molecule has 0 saturated heterocycles. The average molecular weight is 285 g/mol. The number of hydrogen-bond donors (Lipinski definition) is 2. The Balaban J connectivity index is 1.89. The number of fused-ring (bicyclic) bond motifs is 1. The van der Waals surface area contributed by atoms with Gasteiger partial charge in [0, 0.05) is 0 Å². The fraction of sp³-hybridized carbons (Fsp3) is 0.857. The normalized spacial score (nSPS) is 42.3. The third kappa shape index (κ3) is 2.36. The summed E-state index contributed by atoms with van der Waals surface area (Å²) in [6.07, 6.45) is 7.08. The van der Waals surface area contributed by atoms with Crippen molar-refractivity contribution < 1.29 is 13.0 Å². The molecule has 3 aliphatic carbocycles. The molecule has 3 rings (SSSR count). The van der Waals surface area contributed by atoms with Gasteiger partial charge >= 0.3 is 0 Å². The van der Waals surface area contributed by atoms with Crippen LogP contribution in [0.4, 0.5) is 0 Å². The SMILES string of the molecule is CC1(C(CN)CS(=O)(=O)O)C=C2CC3CC(CC23)C1. The monoisotopic (exact) mass is 285 g/mol. The summed E-state index contributed by atoms with van der Waals surface area (Å²) in [5.41, 5.74) is 7.14. The molecule has 3 N–H and O–H groups in total. The van der Waals surface area contributed by atoms with Crippen molar-refractivity contribution in [3.05, 3.63) is 11.6 Å². The van der Waals surface area contributed by atoms with E-state index in [-0.39, 0.29) is 17.1 Å². The molecule has 3 aliphatic rings. The van der Waals surface area contributed by atoms with Crippen molar-refractivity contribution in [1.29, 1.82) is 0 Å². The molecule has 2 bridgehead atoms. The van der Waals surface area contributed by atoms with Gasteiger partial charge in [0.25, 0.3) is 10.1 Å². The summed E-state index contributed by atoms with van der Waals surface area (Å²) < 4.78 is 31.5. The van der Waals surface area contributed by atoms with E-state index in [4.69, 9.17) is 10.3 Å². The van der Waals surface area contributed by atoms with E-state index in [9.17, 15) is 8.42 Å². The first-order valence-electron chi connectivity index (χ1n) is 7.17. The molecule has 5 atom stereocenters. The standard InChI is InChI=1S/C14H23NO3S/c1-14(12(7-15)8-19(16,17)18)5-9-2-10-4-11(6-14)13(10)3-9/h6,9-10,12-13H,2-5,7-8,15H2,1H3,(H,16,17,18). The topological polar surface area (TPSA) is 80.4 Å². The highest BCUT2D eigenvalue weighted by molar-refractivity contribution is 7.85. The summed E-state index contributed by atoms with van der Waals surface area (Å²) in [5.74, 6) is 1.94. The summed E-state index contributed by atoms with van der Waals surface area (Å²) in [4.78, 5) is 0. The van der Waals surface area contributed by atoms with E-state index in [0.717, 1.165) is 18.3 Å². The first-order chi connectivity index (χ1) is 8.81. The molecular weight excluding hydrogens is 262 g/mol. The van der Waals surface area contributed by atoms with Gasteiger partial charge in [0.1, 0.15) is 0 Å². The van der Waals surface area contributed by atoms with Crippen LogP contribution in [-0.4, -0.2) is 25.3 Å². The molecule has 0 amide bonds. The molecular formula is C14H23NO3S. The third-order valence-corrected chi connectivity index (χ3v) is 6.46. The minimum absolute atomic E-state index is 0.176. The second kappa shape index (κ2) is 4.30. The van der Waals surface area contributed by atoms with Gasteiger partial charge in [-0.15, -0.1) is 0 Å². The summed E-state index contributed by atoms with van der Waals surface area (Å²) in [5, 5.41) is 0. The van der Waals surface area contributed by atoms with E-state index in [1.807, 2.05) is 0 Å². The quantitative estimate of drug-likeness (QED) is 0.610. The predicted molar refractivity (Wildman–Crippen MR) is 74.1 cm³/mol. The highest BCUT2D eigenvalue weighted by atomic mass is 32.2. The van der Waals surface area contributed by atoms with Crippen molar-refractivity contribution in [2.75, 3.05) is 12.3 Å². The van der Waals surface area contributed by atoms with Crippen LogP contribution >= 0.6 is 0 Å². The Hall–Kier alpha value is -0.390. The van der Waals surface area contributed by atoms with Crippen molar-refractivity contribution in [3.63, 3.8) is 0 Å². The predicted octanol–water partition coefficient (Wildman–Crippen LogP) is 1.83. The molecule has 4 nitrogen and oxygen atoms in total. The second-order valence-electron chi connectivity index (χ2n) is 7.02. The molecule has 108 valence electrons. The van der Waals surface area contributed by atoms with Crippen LogP contribution in [0.25, 0.3) is 0 Å². The second-order valence-corrected chi connectivity index (χ2v) is 8.52. The number of hydrogen-bond acceptors (Lipinski definition) is 3. The van der Waals surface area contributed by atoms with Crippen LogP contribution in [0.15, 0.2) is 11.6 Å². The Bertz CT molecular complexity index is 513. The minimum Gasteiger partial charge on any atom is -0.330 e. The summed E-state index contributed by atoms with van der Waals surface area (Å²) in [6, 6.07) is 0. The molecule has 5 heteroatoms. The molecule has 0 spiro atoms. The molecule has 0 aliphatic heterocycles. The lowest BCUT2D eigenvalue weighted by Gasteiger charge is -2.41. The summed E-state index contributed by atoms with van der Waals surface area (Å²) in [7, 11) is -3.96. The largest absolute Gasteiger partial charge is 0.330 e. The van der Waals surface area contributed by atoms with E-state index >= 15 is 0 Å². The highest BCUT2D eigenvalue weighted by Gasteiger charge is 2.50. The first-order valence-corrected chi connectivity index (χ1v) is 8.78. The van der Waals surface area contributed by atoms with E-state index in [1.165, 1.54) is 24.8 Å². The van der Waals surface area contributed by atoms with Crippen LogP contribution in [0.3, 0.4) is 0 Å². The lowest BCUT2D eigenvalue weighted by molar-refractivity contribution is 0.205. The summed E-state index contributed by atoms with van der Waals surface area (Å²) >= 11 is 0. The van der Waals surface area contributed by atoms with Gasteiger partial charge in [-0.2, -0.15) is 8.42 Å². The van der Waals surface area contributed by atoms with Crippen LogP contribution in [0, 0.1) is 29.1 Å². The van der Waals surface area contributed by atoms with Crippen LogP contribution in [-0.2, 0) is 10.1 Å². The number of nitrogens with two attached hydrogens (primary N) is 1. The van der Waals surface area contributed by atoms with E-state index < -0.39 is 10.1 Å². The maximum atomic E-state index is 11.2. The van der Waals surface area contributed by atoms with Gasteiger partial charge in [-0.25, -0.2) is 0 Å². The Kier molecular flexibility index (Phi) is 3.08. The fourth-order valence-corrected chi connectivity index (χ4v) is 5.74. The van der Waals surface area contributed by atoms with Gasteiger partial charge in [0.2, 0.25) is 0 Å². The maximum absolute atomic E-state index is 11.2. The van der Waals surface area contributed by atoms with Crippen LogP contribution in [0.2, 0.25) is 0 Å². The molecule has 2 fully saturated rings. The lowest BCUT2D eigenvalue weighted by Crippen LogP contribution is -2.39. The molecule has 0 aromatic rings. The average Bonchev–Trinajstić information content (AvgIpc) is 2.51. The molecule has 0 heterocycles. The Morgan fingerprint density at radius 3 is 2.89 bits per heavy atom. The third-order valence-electron chi connectivity index (χ3n) is 5.64. The molecule has 5 unspecified atom stereocenters. The Morgan fingerprint density at radius 1 is 1.53 bits per heavy atom. The Morgan fingerprint density at radius 2 is 2.26 bits per heavy atom. The van der Waals surface area contributed by atoms with Crippen molar-refractivity contribution in [2.45, 2.75) is 32.6 Å². The van der Waals surface area contributed by atoms with Crippen LogP contribution < -0.4 is 5.73 Å². The first kappa shape index (κ1) is 13.6. The van der Waals surface area contributed by atoms with Gasteiger partial charge in [-0.05, 0) is 61.3 Å². The van der Waals surface area contributed by atoms with Crippen molar-refractivity contribution in [1.82, 2.24) is 0 Å². The zero-order valence-electron chi connectivity index (χ0n) is 11.4. The van der Waals surface area contributed by atoms with Crippen molar-refractivity contribution in [2.24, 2.45) is 34.8 Å². The molecule has 0 aromatic carbocycles. The Labute approximate surface area is 115 Å². The van der Waals surface area contributed by atoms with Crippen LogP contribution in [0.1, 0.15) is 32.6 Å². The van der Waals surface area contributed by atoms with Gasteiger partial charge < -0.3 is 5.73 Å². The molecule has 2 saturated carbocycles. The van der Waals surface area contributed by atoms with Gasteiger partial charge in [0.05, 0.1) is 5.75 Å². The maximum Gasteiger partial charge on any atom is 0.265 e. The van der Waals surface area contributed by atoms with Gasteiger partial charge in [-0.1, -0.05) is 18.6 Å². The smallest absolute Gasteiger partial charge is 0.265 e. The lowest BCUT2D eigenvalue weighted by atomic mass is 9.64. The highest BCUT2D eigenvalue weighted by Crippen LogP contribution is 2.60. The van der Waals surface area contributed by atoms with Gasteiger partial charge in [0.15, 0.2) is 0 Å². The molecule has 0 aromatic heterocycles. The molecule has 19 heavy (non-hydrogen) atoms. The number of rotatable bonds is 4. The van der Waals surface area contributed by atoms with E-state index in [0.29, 0.717) is 12.5 Å². The minimum atomic E-state index is -3.96. The van der Waals surface area contributed by atoms with Crippen molar-refractivity contribution >= 4 is 10.1 Å². The van der Waals surface area contributed by atoms with E-state index in [1.54, 1.807) is 0 Å². The van der Waals surface area contributed by atoms with Gasteiger partial charge in [-0.3, -0.25) is 4.55 Å². The zero-order chi connectivity index (χ0) is 13.8. The van der Waals surface area contributed by atoms with Crippen LogP contribution in [0.5, 0.6) is 0 Å².